The number of hydrogen-bond acceptors (Lipinski definition) is 6. The lowest BCUT2D eigenvalue weighted by Crippen LogP contribution is -2.00. The summed E-state index contributed by atoms with van der Waals surface area (Å²) in [6.07, 6.45) is 0. The summed E-state index contributed by atoms with van der Waals surface area (Å²) < 4.78 is 68.4. The fraction of sp³-hybridized carbons (Fsp3) is 0. The van der Waals surface area contributed by atoms with Crippen LogP contribution in [0.4, 0.5) is 0 Å². The molecule has 4 aromatic heterocycles. The lowest BCUT2D eigenvalue weighted by atomic mass is 10.0. The molecular formula is C45H25N3O2S. The van der Waals surface area contributed by atoms with E-state index in [9.17, 15) is 4.11 Å². The molecule has 7 aromatic carbocycles. The Hall–Kier alpha value is -6.63. The minimum absolute atomic E-state index is 0.0404. The predicted octanol–water partition coefficient (Wildman–Crippen LogP) is 12.7. The zero-order chi connectivity index (χ0) is 38.7. The first-order chi connectivity index (χ1) is 27.7. The lowest BCUT2D eigenvalue weighted by molar-refractivity contribution is 0.668. The summed E-state index contributed by atoms with van der Waals surface area (Å²) in [4.78, 5) is 14.5. The van der Waals surface area contributed by atoms with E-state index in [1.165, 1.54) is 11.3 Å². The molecule has 0 radical (unpaired) electrons. The maximum absolute atomic E-state index is 9.61. The van der Waals surface area contributed by atoms with Gasteiger partial charge in [-0.25, -0.2) is 15.0 Å². The molecule has 0 atom stereocenters. The van der Waals surface area contributed by atoms with Gasteiger partial charge >= 0.3 is 0 Å². The van der Waals surface area contributed by atoms with Gasteiger partial charge in [-0.2, -0.15) is 0 Å². The Bertz CT molecular complexity index is 3510. The Morgan fingerprint density at radius 3 is 1.76 bits per heavy atom. The number of benzene rings is 7. The van der Waals surface area contributed by atoms with Crippen LogP contribution in [0, 0.1) is 0 Å². The molecule has 6 heteroatoms. The molecular weight excluding hydrogens is 647 g/mol. The number of thiophene rings is 1. The molecule has 0 aliphatic carbocycles. The van der Waals surface area contributed by atoms with Crippen molar-refractivity contribution in [3.63, 3.8) is 0 Å². The number of para-hydroxylation sites is 2. The minimum atomic E-state index is -0.306. The molecule has 0 N–H and O–H groups in total. The molecule has 5 nitrogen and oxygen atoms in total. The van der Waals surface area contributed by atoms with Crippen molar-refractivity contribution in [2.75, 3.05) is 0 Å². The lowest BCUT2D eigenvalue weighted by Gasteiger charge is -2.08. The zero-order valence-electron chi connectivity index (χ0n) is 32.5. The number of nitrogens with zero attached hydrogens (tertiary/aromatic N) is 3. The minimum Gasteiger partial charge on any atom is -0.456 e. The molecule has 238 valence electrons. The van der Waals surface area contributed by atoms with Crippen molar-refractivity contribution in [2.45, 2.75) is 0 Å². The van der Waals surface area contributed by atoms with Crippen LogP contribution in [0.15, 0.2) is 160 Å². The van der Waals surface area contributed by atoms with Crippen LogP contribution in [0.1, 0.15) is 8.22 Å². The molecule has 0 aliphatic rings. The molecule has 0 saturated heterocycles. The Morgan fingerprint density at radius 2 is 1.04 bits per heavy atom. The molecule has 11 rings (SSSR count). The number of rotatable bonds is 4. The fourth-order valence-electron chi connectivity index (χ4n) is 6.81. The molecule has 0 spiro atoms. The van der Waals surface area contributed by atoms with Crippen molar-refractivity contribution in [3.8, 4) is 45.3 Å². The van der Waals surface area contributed by atoms with Gasteiger partial charge in [0.05, 0.1) is 8.22 Å². The molecule has 51 heavy (non-hydrogen) atoms. The Kier molecular flexibility index (Phi) is 4.91. The van der Waals surface area contributed by atoms with Crippen LogP contribution in [0.25, 0.3) is 109 Å². The van der Waals surface area contributed by atoms with Crippen LogP contribution < -0.4 is 0 Å². The molecule has 0 aliphatic heterocycles. The Morgan fingerprint density at radius 1 is 0.451 bits per heavy atom. The number of furan rings is 2. The second-order valence-electron chi connectivity index (χ2n) is 12.3. The first kappa shape index (κ1) is 22.9. The number of hydrogen-bond donors (Lipinski definition) is 0. The summed E-state index contributed by atoms with van der Waals surface area (Å²) in [6, 6.07) is 35.0. The average molecular weight is 678 g/mol. The van der Waals surface area contributed by atoms with E-state index in [-0.39, 0.29) is 58.4 Å². The fourth-order valence-corrected chi connectivity index (χ4v) is 7.95. The Balaban J connectivity index is 1.15. The SMILES string of the molecule is [2H]c1c([2H])c([2H])c2c(sc3c([2H])c(-c4nc(-c5ccccc5)nc(-c5ccc6c(c5)oc5ccccc56)n4)c([2H])c([2H])c32)c1-c1ccc2c(c1)oc1ccccc12. The van der Waals surface area contributed by atoms with Crippen molar-refractivity contribution in [1.82, 2.24) is 15.0 Å². The van der Waals surface area contributed by atoms with Crippen LogP contribution in [-0.4, -0.2) is 15.0 Å². The molecule has 0 bridgehead atoms. The van der Waals surface area contributed by atoms with Gasteiger partial charge in [0, 0.05) is 58.4 Å². The van der Waals surface area contributed by atoms with Crippen LogP contribution in [0.3, 0.4) is 0 Å². The molecule has 0 saturated carbocycles. The Labute approximate surface area is 303 Å². The van der Waals surface area contributed by atoms with Crippen LogP contribution >= 0.6 is 11.3 Å². The molecule has 0 fully saturated rings. The quantitative estimate of drug-likeness (QED) is 0.185. The molecule has 0 amide bonds. The van der Waals surface area contributed by atoms with Crippen molar-refractivity contribution in [2.24, 2.45) is 0 Å². The summed E-state index contributed by atoms with van der Waals surface area (Å²) >= 11 is 1.17. The van der Waals surface area contributed by atoms with Gasteiger partial charge in [0.25, 0.3) is 0 Å². The van der Waals surface area contributed by atoms with E-state index in [0.717, 1.165) is 32.7 Å². The van der Waals surface area contributed by atoms with Crippen molar-refractivity contribution >= 4 is 75.4 Å². The van der Waals surface area contributed by atoms with Gasteiger partial charge in [0.2, 0.25) is 0 Å². The monoisotopic (exact) mass is 677 g/mol. The summed E-state index contributed by atoms with van der Waals surface area (Å²) in [5.41, 5.74) is 5.15. The zero-order valence-corrected chi connectivity index (χ0v) is 27.4. The van der Waals surface area contributed by atoms with Crippen molar-refractivity contribution < 1.29 is 17.1 Å². The average Bonchev–Trinajstić information content (AvgIpc) is 3.94. The molecule has 11 aromatic rings. The van der Waals surface area contributed by atoms with Gasteiger partial charge in [-0.3, -0.25) is 0 Å². The van der Waals surface area contributed by atoms with E-state index >= 15 is 0 Å². The van der Waals surface area contributed by atoms with E-state index in [4.69, 9.17) is 27.9 Å². The highest BCUT2D eigenvalue weighted by molar-refractivity contribution is 7.26. The number of fused-ring (bicyclic) bond motifs is 9. The van der Waals surface area contributed by atoms with Gasteiger partial charge in [0.15, 0.2) is 17.5 Å². The van der Waals surface area contributed by atoms with Crippen LogP contribution in [0.2, 0.25) is 0 Å². The topological polar surface area (TPSA) is 65.0 Å². The van der Waals surface area contributed by atoms with Gasteiger partial charge in [-0.05, 0) is 53.6 Å². The highest BCUT2D eigenvalue weighted by Gasteiger charge is 2.17. The van der Waals surface area contributed by atoms with Gasteiger partial charge in [-0.1, -0.05) is 109 Å². The maximum atomic E-state index is 9.61. The van der Waals surface area contributed by atoms with E-state index in [0.29, 0.717) is 54.5 Å². The third kappa shape index (κ3) is 4.50. The van der Waals surface area contributed by atoms with Crippen LogP contribution in [-0.2, 0) is 0 Å². The first-order valence-corrected chi connectivity index (χ1v) is 17.2. The van der Waals surface area contributed by atoms with E-state index < -0.39 is 0 Å². The van der Waals surface area contributed by atoms with E-state index in [1.54, 1.807) is 0 Å². The summed E-state index contributed by atoms with van der Waals surface area (Å²) in [5, 5.41) is 4.27. The second-order valence-corrected chi connectivity index (χ2v) is 13.3. The maximum Gasteiger partial charge on any atom is 0.164 e. The highest BCUT2D eigenvalue weighted by atomic mass is 32.1. The summed E-state index contributed by atoms with van der Waals surface area (Å²) in [7, 11) is 0. The van der Waals surface area contributed by atoms with Gasteiger partial charge in [0.1, 0.15) is 22.3 Å². The van der Waals surface area contributed by atoms with Crippen LogP contribution in [0.5, 0.6) is 0 Å². The second kappa shape index (κ2) is 10.9. The van der Waals surface area contributed by atoms with Crippen molar-refractivity contribution in [1.29, 1.82) is 0 Å². The standard InChI is InChI=1S/C45H25N3O2S/c1-2-9-26(10-3-1)43-46-44(28-18-21-34-32-12-5-7-16-38(32)50-40(34)24-28)48-45(47-43)29-19-22-35-36-14-8-13-30(42(36)51-41(35)25-29)27-17-20-33-31-11-4-6-15-37(31)49-39(33)23-27/h1-25H/i8D,13D,14D,19D,22D,25D. The third-order valence-electron chi connectivity index (χ3n) is 9.26. The first-order valence-electron chi connectivity index (χ1n) is 19.4. The van der Waals surface area contributed by atoms with E-state index in [2.05, 4.69) is 0 Å². The smallest absolute Gasteiger partial charge is 0.164 e. The molecule has 0 unspecified atom stereocenters. The van der Waals surface area contributed by atoms with Gasteiger partial charge < -0.3 is 8.83 Å². The summed E-state index contributed by atoms with van der Waals surface area (Å²) in [6.45, 7) is 0. The van der Waals surface area contributed by atoms with Gasteiger partial charge in [-0.15, -0.1) is 11.3 Å². The van der Waals surface area contributed by atoms with E-state index in [1.807, 2.05) is 115 Å². The van der Waals surface area contributed by atoms with Crippen molar-refractivity contribution in [3.05, 3.63) is 152 Å². The third-order valence-corrected chi connectivity index (χ3v) is 10.4. The summed E-state index contributed by atoms with van der Waals surface area (Å²) in [5.74, 6) is 0.685. The predicted molar refractivity (Wildman–Crippen MR) is 209 cm³/mol. The highest BCUT2D eigenvalue weighted by Crippen LogP contribution is 2.42. The largest absolute Gasteiger partial charge is 0.456 e. The number of aromatic nitrogens is 3. The normalized spacial score (nSPS) is 13.6. The molecule has 4 heterocycles.